The van der Waals surface area contributed by atoms with Gasteiger partial charge in [0.25, 0.3) is 5.91 Å². The van der Waals surface area contributed by atoms with E-state index in [0.29, 0.717) is 23.1 Å². The number of rotatable bonds is 2. The van der Waals surface area contributed by atoms with Crippen LogP contribution in [-0.4, -0.2) is 22.5 Å². The first-order valence-electron chi connectivity index (χ1n) is 9.40. The number of fused-ring (bicyclic) bond motifs is 1. The van der Waals surface area contributed by atoms with Crippen LogP contribution in [0.4, 0.5) is 0 Å². The fourth-order valence-electron chi connectivity index (χ4n) is 6.23. The zero-order valence-corrected chi connectivity index (χ0v) is 15.1. The fraction of sp³-hybridized carbons (Fsp3) is 0.684. The summed E-state index contributed by atoms with van der Waals surface area (Å²) in [6.07, 6.45) is 8.35. The van der Waals surface area contributed by atoms with Crippen LogP contribution >= 0.6 is 11.3 Å². The highest BCUT2D eigenvalue weighted by atomic mass is 32.1. The van der Waals surface area contributed by atoms with Crippen LogP contribution in [0.3, 0.4) is 0 Å². The first-order valence-corrected chi connectivity index (χ1v) is 10.2. The monoisotopic (exact) mass is 360 g/mol. The van der Waals surface area contributed by atoms with E-state index in [4.69, 9.17) is 0 Å². The lowest BCUT2D eigenvalue weighted by Gasteiger charge is -2.59. The molecule has 0 radical (unpaired) electrons. The Morgan fingerprint density at radius 2 is 1.88 bits per heavy atom. The highest BCUT2D eigenvalue weighted by molar-refractivity contribution is 7.14. The molecule has 25 heavy (non-hydrogen) atoms. The number of amides is 2. The molecular weight excluding hydrogens is 336 g/mol. The average molecular weight is 360 g/mol. The van der Waals surface area contributed by atoms with Gasteiger partial charge < -0.3 is 5.11 Å². The molecule has 5 nitrogen and oxygen atoms in total. The summed E-state index contributed by atoms with van der Waals surface area (Å²) in [5.74, 6) is 0.564. The molecule has 134 valence electrons. The summed E-state index contributed by atoms with van der Waals surface area (Å²) in [5, 5.41) is 10.8. The van der Waals surface area contributed by atoms with Crippen LogP contribution in [0.25, 0.3) is 0 Å². The first-order chi connectivity index (χ1) is 11.9. The summed E-state index contributed by atoms with van der Waals surface area (Å²) in [4.78, 5) is 27.2. The number of carbonyl (C=O) groups excluding carboxylic acids is 2. The van der Waals surface area contributed by atoms with Gasteiger partial charge in [0.2, 0.25) is 5.91 Å². The van der Waals surface area contributed by atoms with Crippen LogP contribution in [-0.2, 0) is 17.6 Å². The summed E-state index contributed by atoms with van der Waals surface area (Å²) < 4.78 is 0. The average Bonchev–Trinajstić information content (AvgIpc) is 3.11. The van der Waals surface area contributed by atoms with Crippen LogP contribution in [0.5, 0.6) is 0 Å². The van der Waals surface area contributed by atoms with Crippen molar-refractivity contribution in [2.75, 3.05) is 0 Å². The molecule has 3 N–H and O–H groups in total. The van der Waals surface area contributed by atoms with E-state index in [-0.39, 0.29) is 11.8 Å². The minimum Gasteiger partial charge on any atom is -0.390 e. The number of nitrogens with one attached hydrogen (secondary N) is 2. The number of carbonyl (C=O) groups is 2. The Kier molecular flexibility index (Phi) is 3.36. The molecule has 4 bridgehead atoms. The Bertz CT molecular complexity index is 720. The molecule has 6 rings (SSSR count). The van der Waals surface area contributed by atoms with E-state index >= 15 is 0 Å². The van der Waals surface area contributed by atoms with Crippen molar-refractivity contribution in [3.8, 4) is 0 Å². The van der Waals surface area contributed by atoms with Gasteiger partial charge in [-0.05, 0) is 81.3 Å². The summed E-state index contributed by atoms with van der Waals surface area (Å²) in [5.41, 5.74) is 5.41. The summed E-state index contributed by atoms with van der Waals surface area (Å²) in [7, 11) is 0. The maximum absolute atomic E-state index is 12.9. The van der Waals surface area contributed by atoms with E-state index in [0.717, 1.165) is 44.9 Å². The molecule has 0 saturated heterocycles. The fourth-order valence-corrected chi connectivity index (χ4v) is 7.38. The summed E-state index contributed by atoms with van der Waals surface area (Å²) in [6, 6.07) is 1.96. The molecule has 4 fully saturated rings. The molecule has 0 spiro atoms. The van der Waals surface area contributed by atoms with Crippen LogP contribution in [0.1, 0.15) is 65.1 Å². The predicted molar refractivity (Wildman–Crippen MR) is 94.0 cm³/mol. The van der Waals surface area contributed by atoms with Crippen molar-refractivity contribution in [2.24, 2.45) is 17.3 Å². The highest BCUT2D eigenvalue weighted by Gasteiger charge is 2.60. The van der Waals surface area contributed by atoms with Crippen molar-refractivity contribution in [1.29, 1.82) is 0 Å². The molecule has 4 saturated carbocycles. The lowest BCUT2D eigenvalue weighted by molar-refractivity contribution is -0.178. The molecular formula is C19H24N2O3S. The van der Waals surface area contributed by atoms with Crippen LogP contribution in [0.2, 0.25) is 0 Å². The second-order valence-corrected chi connectivity index (χ2v) is 9.92. The van der Waals surface area contributed by atoms with Crippen LogP contribution < -0.4 is 10.9 Å². The van der Waals surface area contributed by atoms with Gasteiger partial charge in [-0.15, -0.1) is 11.3 Å². The SMILES string of the molecule is O=C(NNC(=O)C12CC3CC(CC(O)(C3)C1)C2)c1cc2c(s1)CCC2. The van der Waals surface area contributed by atoms with Gasteiger partial charge in [-0.3, -0.25) is 20.4 Å². The zero-order valence-electron chi connectivity index (χ0n) is 14.3. The third-order valence-corrected chi connectivity index (χ3v) is 8.01. The minimum atomic E-state index is -0.667. The molecule has 1 aromatic heterocycles. The lowest BCUT2D eigenvalue weighted by Crippen LogP contribution is -2.61. The van der Waals surface area contributed by atoms with E-state index in [1.807, 2.05) is 6.07 Å². The lowest BCUT2D eigenvalue weighted by atomic mass is 9.47. The number of hydrazine groups is 1. The molecule has 6 heteroatoms. The Labute approximate surface area is 151 Å². The standard InChI is InChI=1S/C19H24N2O3S/c22-16(15-5-13-2-1-3-14(13)25-15)20-21-17(23)18-6-11-4-12(7-18)9-19(24,8-11)10-18/h5,11-12,24H,1-4,6-10H2,(H,20,22)(H,21,23). The Morgan fingerprint density at radius 1 is 1.12 bits per heavy atom. The first kappa shape index (κ1) is 15.8. The van der Waals surface area contributed by atoms with Crippen molar-refractivity contribution in [3.63, 3.8) is 0 Å². The quantitative estimate of drug-likeness (QED) is 0.708. The zero-order chi connectivity index (χ0) is 17.2. The van der Waals surface area contributed by atoms with E-state index < -0.39 is 11.0 Å². The summed E-state index contributed by atoms with van der Waals surface area (Å²) >= 11 is 1.54. The van der Waals surface area contributed by atoms with Crippen molar-refractivity contribution in [1.82, 2.24) is 10.9 Å². The number of hydrogen-bond acceptors (Lipinski definition) is 4. The van der Waals surface area contributed by atoms with E-state index in [1.165, 1.54) is 28.2 Å². The number of hydrogen-bond donors (Lipinski definition) is 3. The number of thiophene rings is 1. The second kappa shape index (κ2) is 5.30. The Hall–Kier alpha value is -1.40. The predicted octanol–water partition coefficient (Wildman–Crippen LogP) is 2.33. The van der Waals surface area contributed by atoms with Crippen LogP contribution in [0.15, 0.2) is 6.07 Å². The normalized spacial score (nSPS) is 37.8. The third kappa shape index (κ3) is 2.53. The molecule has 1 aromatic rings. The largest absolute Gasteiger partial charge is 0.390 e. The molecule has 0 aromatic carbocycles. The molecule has 2 atom stereocenters. The smallest absolute Gasteiger partial charge is 0.279 e. The minimum absolute atomic E-state index is 0.113. The van der Waals surface area contributed by atoms with Gasteiger partial charge in [0.15, 0.2) is 0 Å². The third-order valence-electron chi connectivity index (χ3n) is 6.77. The molecule has 5 aliphatic carbocycles. The summed E-state index contributed by atoms with van der Waals surface area (Å²) in [6.45, 7) is 0. The maximum Gasteiger partial charge on any atom is 0.279 e. The second-order valence-electron chi connectivity index (χ2n) is 8.79. The number of aliphatic hydroxyl groups is 1. The molecule has 5 aliphatic rings. The van der Waals surface area contributed by atoms with Gasteiger partial charge >= 0.3 is 0 Å². The van der Waals surface area contributed by atoms with Gasteiger partial charge in [-0.25, -0.2) is 0 Å². The number of aryl methyl sites for hydroxylation is 2. The molecule has 2 unspecified atom stereocenters. The Morgan fingerprint density at radius 3 is 2.56 bits per heavy atom. The van der Waals surface area contributed by atoms with Crippen molar-refractivity contribution in [2.45, 2.75) is 63.4 Å². The van der Waals surface area contributed by atoms with E-state index in [1.54, 1.807) is 0 Å². The Balaban J connectivity index is 1.27. The van der Waals surface area contributed by atoms with E-state index in [2.05, 4.69) is 10.9 Å². The van der Waals surface area contributed by atoms with Gasteiger partial charge in [0.1, 0.15) is 0 Å². The molecule has 2 amide bonds. The van der Waals surface area contributed by atoms with Gasteiger partial charge in [-0.2, -0.15) is 0 Å². The topological polar surface area (TPSA) is 78.4 Å². The van der Waals surface area contributed by atoms with E-state index in [9.17, 15) is 14.7 Å². The molecule has 1 heterocycles. The molecule has 0 aliphatic heterocycles. The highest BCUT2D eigenvalue weighted by Crippen LogP contribution is 2.61. The van der Waals surface area contributed by atoms with Crippen molar-refractivity contribution in [3.05, 3.63) is 21.4 Å². The van der Waals surface area contributed by atoms with Gasteiger partial charge in [0, 0.05) is 4.88 Å². The van der Waals surface area contributed by atoms with Gasteiger partial charge in [-0.1, -0.05) is 0 Å². The van der Waals surface area contributed by atoms with Gasteiger partial charge in [0.05, 0.1) is 15.9 Å². The maximum atomic E-state index is 12.9. The van der Waals surface area contributed by atoms with Crippen LogP contribution in [0, 0.1) is 17.3 Å². The van der Waals surface area contributed by atoms with Crippen molar-refractivity contribution >= 4 is 23.2 Å². The van der Waals surface area contributed by atoms with Crippen molar-refractivity contribution < 1.29 is 14.7 Å².